The summed E-state index contributed by atoms with van der Waals surface area (Å²) in [6.07, 6.45) is 3.50. The van der Waals surface area contributed by atoms with Crippen molar-refractivity contribution in [3.05, 3.63) is 30.0 Å². The van der Waals surface area contributed by atoms with E-state index in [0.717, 1.165) is 5.39 Å². The van der Waals surface area contributed by atoms with Gasteiger partial charge in [0.05, 0.1) is 23.2 Å². The van der Waals surface area contributed by atoms with Crippen molar-refractivity contribution >= 4 is 22.8 Å². The van der Waals surface area contributed by atoms with Crippen LogP contribution in [0.25, 0.3) is 10.9 Å². The molecule has 3 rings (SSSR count). The van der Waals surface area contributed by atoms with Crippen molar-refractivity contribution in [1.29, 1.82) is 0 Å². The van der Waals surface area contributed by atoms with Crippen LogP contribution in [0.5, 0.6) is 0 Å². The lowest BCUT2D eigenvalue weighted by molar-refractivity contribution is -0.141. The van der Waals surface area contributed by atoms with E-state index in [1.807, 2.05) is 12.1 Å². The average molecular weight is 273 g/mol. The smallest absolute Gasteiger partial charge is 0.306 e. The van der Waals surface area contributed by atoms with Gasteiger partial charge in [-0.3, -0.25) is 14.7 Å². The minimum absolute atomic E-state index is 0.0678. The predicted molar refractivity (Wildman–Crippen MR) is 72.3 cm³/mol. The molecule has 0 bridgehead atoms. The van der Waals surface area contributed by atoms with Crippen LogP contribution in [-0.2, 0) is 4.79 Å². The van der Waals surface area contributed by atoms with Crippen LogP contribution in [0.3, 0.4) is 0 Å². The normalized spacial score (nSPS) is 22.0. The zero-order valence-electron chi connectivity index (χ0n) is 10.8. The molecular weight excluding hydrogens is 258 g/mol. The standard InChI is InChI=1S/C14H15N3O3/c18-13(16-10-5-4-8(6-10)14(19)20)11-3-1-2-9-7-15-17-12(9)11/h1-3,7-8,10H,4-6H2,(H,15,17)(H,16,18)(H,19,20)/t8-,10+/m1/s1. The van der Waals surface area contributed by atoms with Gasteiger partial charge in [0.1, 0.15) is 0 Å². The summed E-state index contributed by atoms with van der Waals surface area (Å²) >= 11 is 0. The number of fused-ring (bicyclic) bond motifs is 1. The van der Waals surface area contributed by atoms with E-state index in [2.05, 4.69) is 15.5 Å². The molecule has 1 fully saturated rings. The van der Waals surface area contributed by atoms with Crippen molar-refractivity contribution in [1.82, 2.24) is 15.5 Å². The molecule has 1 aromatic heterocycles. The molecule has 0 aliphatic heterocycles. The highest BCUT2D eigenvalue weighted by Crippen LogP contribution is 2.26. The van der Waals surface area contributed by atoms with Gasteiger partial charge in [-0.05, 0) is 25.3 Å². The van der Waals surface area contributed by atoms with Crippen LogP contribution < -0.4 is 5.32 Å². The summed E-state index contributed by atoms with van der Waals surface area (Å²) in [6.45, 7) is 0. The van der Waals surface area contributed by atoms with Crippen molar-refractivity contribution in [3.8, 4) is 0 Å². The van der Waals surface area contributed by atoms with Crippen LogP contribution in [0.2, 0.25) is 0 Å². The summed E-state index contributed by atoms with van der Waals surface area (Å²) in [4.78, 5) is 23.2. The first kappa shape index (κ1) is 12.7. The quantitative estimate of drug-likeness (QED) is 0.790. The summed E-state index contributed by atoms with van der Waals surface area (Å²) in [7, 11) is 0. The molecule has 6 nitrogen and oxygen atoms in total. The molecule has 0 unspecified atom stereocenters. The monoisotopic (exact) mass is 273 g/mol. The van der Waals surface area contributed by atoms with E-state index in [1.54, 1.807) is 12.3 Å². The molecule has 1 aliphatic rings. The second kappa shape index (κ2) is 4.96. The lowest BCUT2D eigenvalue weighted by Gasteiger charge is -2.12. The Balaban J connectivity index is 1.74. The number of aromatic amines is 1. The number of carbonyl (C=O) groups is 2. The van der Waals surface area contributed by atoms with Gasteiger partial charge in [0.15, 0.2) is 0 Å². The Morgan fingerprint density at radius 1 is 1.35 bits per heavy atom. The zero-order chi connectivity index (χ0) is 14.1. The number of carboxylic acids is 1. The van der Waals surface area contributed by atoms with Crippen molar-refractivity contribution in [3.63, 3.8) is 0 Å². The van der Waals surface area contributed by atoms with Gasteiger partial charge in [-0.1, -0.05) is 12.1 Å². The highest BCUT2D eigenvalue weighted by molar-refractivity contribution is 6.05. The van der Waals surface area contributed by atoms with Gasteiger partial charge in [-0.2, -0.15) is 5.10 Å². The fourth-order valence-electron chi connectivity index (χ4n) is 2.76. The SMILES string of the molecule is O=C(N[C@H]1CC[C@@H](C(=O)O)C1)c1cccc2cn[nH]c12. The molecule has 6 heteroatoms. The minimum atomic E-state index is -0.780. The topological polar surface area (TPSA) is 95.1 Å². The molecule has 1 aromatic carbocycles. The third-order valence-electron chi connectivity index (χ3n) is 3.84. The fraction of sp³-hybridized carbons (Fsp3) is 0.357. The summed E-state index contributed by atoms with van der Waals surface area (Å²) in [6, 6.07) is 5.36. The number of amides is 1. The van der Waals surface area contributed by atoms with Gasteiger partial charge < -0.3 is 10.4 Å². The number of rotatable bonds is 3. The van der Waals surface area contributed by atoms with Gasteiger partial charge in [-0.15, -0.1) is 0 Å². The number of carboxylic acid groups (broad SMARTS) is 1. The van der Waals surface area contributed by atoms with Crippen molar-refractivity contribution < 1.29 is 14.7 Å². The van der Waals surface area contributed by atoms with E-state index in [9.17, 15) is 9.59 Å². The first-order valence-electron chi connectivity index (χ1n) is 6.61. The number of carbonyl (C=O) groups excluding carboxylic acids is 1. The second-order valence-electron chi connectivity index (χ2n) is 5.16. The van der Waals surface area contributed by atoms with Crippen LogP contribution in [-0.4, -0.2) is 33.2 Å². The lowest BCUT2D eigenvalue weighted by Crippen LogP contribution is -2.33. The number of aromatic nitrogens is 2. The maximum atomic E-state index is 12.3. The third kappa shape index (κ3) is 2.24. The van der Waals surface area contributed by atoms with Crippen LogP contribution in [0.15, 0.2) is 24.4 Å². The van der Waals surface area contributed by atoms with E-state index in [1.165, 1.54) is 0 Å². The van der Waals surface area contributed by atoms with Crippen molar-refractivity contribution in [2.45, 2.75) is 25.3 Å². The average Bonchev–Trinajstić information content (AvgIpc) is 3.05. The second-order valence-corrected chi connectivity index (χ2v) is 5.16. The number of aliphatic carboxylic acids is 1. The molecule has 0 spiro atoms. The number of nitrogens with one attached hydrogen (secondary N) is 2. The minimum Gasteiger partial charge on any atom is -0.481 e. The van der Waals surface area contributed by atoms with Crippen LogP contribution >= 0.6 is 0 Å². The van der Waals surface area contributed by atoms with E-state index in [4.69, 9.17) is 5.11 Å². The molecule has 104 valence electrons. The third-order valence-corrected chi connectivity index (χ3v) is 3.84. The first-order chi connectivity index (χ1) is 9.65. The molecule has 3 N–H and O–H groups in total. The van der Waals surface area contributed by atoms with E-state index in [-0.39, 0.29) is 17.9 Å². The number of nitrogens with zero attached hydrogens (tertiary/aromatic N) is 1. The van der Waals surface area contributed by atoms with Gasteiger partial charge in [0.2, 0.25) is 0 Å². The number of hydrogen-bond donors (Lipinski definition) is 3. The van der Waals surface area contributed by atoms with Gasteiger partial charge >= 0.3 is 5.97 Å². The Morgan fingerprint density at radius 2 is 2.20 bits per heavy atom. The molecule has 1 saturated carbocycles. The van der Waals surface area contributed by atoms with E-state index < -0.39 is 5.97 Å². The van der Waals surface area contributed by atoms with Gasteiger partial charge in [0, 0.05) is 11.4 Å². The zero-order valence-corrected chi connectivity index (χ0v) is 10.8. The summed E-state index contributed by atoms with van der Waals surface area (Å²) in [5, 5.41) is 19.5. The highest BCUT2D eigenvalue weighted by atomic mass is 16.4. The summed E-state index contributed by atoms with van der Waals surface area (Å²) in [5.41, 5.74) is 1.25. The van der Waals surface area contributed by atoms with Gasteiger partial charge in [0.25, 0.3) is 5.91 Å². The van der Waals surface area contributed by atoms with Crippen LogP contribution in [0.1, 0.15) is 29.6 Å². The Bertz CT molecular complexity index is 664. The van der Waals surface area contributed by atoms with Crippen LogP contribution in [0, 0.1) is 5.92 Å². The molecule has 20 heavy (non-hydrogen) atoms. The van der Waals surface area contributed by atoms with Crippen molar-refractivity contribution in [2.24, 2.45) is 5.92 Å². The Morgan fingerprint density at radius 3 is 2.95 bits per heavy atom. The van der Waals surface area contributed by atoms with Crippen molar-refractivity contribution in [2.75, 3.05) is 0 Å². The Hall–Kier alpha value is -2.37. The highest BCUT2D eigenvalue weighted by Gasteiger charge is 2.30. The number of benzene rings is 1. The van der Waals surface area contributed by atoms with E-state index >= 15 is 0 Å². The van der Waals surface area contributed by atoms with Gasteiger partial charge in [-0.25, -0.2) is 0 Å². The largest absolute Gasteiger partial charge is 0.481 e. The maximum absolute atomic E-state index is 12.3. The fourth-order valence-corrected chi connectivity index (χ4v) is 2.76. The Labute approximate surface area is 115 Å². The molecule has 0 radical (unpaired) electrons. The molecule has 0 saturated heterocycles. The summed E-state index contributed by atoms with van der Waals surface area (Å²) < 4.78 is 0. The number of hydrogen-bond acceptors (Lipinski definition) is 3. The van der Waals surface area contributed by atoms with E-state index in [0.29, 0.717) is 30.3 Å². The molecule has 1 amide bonds. The number of para-hydroxylation sites is 1. The van der Waals surface area contributed by atoms with Crippen LogP contribution in [0.4, 0.5) is 0 Å². The maximum Gasteiger partial charge on any atom is 0.306 e. The lowest BCUT2D eigenvalue weighted by atomic mass is 10.1. The molecule has 2 aromatic rings. The molecule has 1 aliphatic carbocycles. The first-order valence-corrected chi connectivity index (χ1v) is 6.61. The summed E-state index contributed by atoms with van der Waals surface area (Å²) in [5.74, 6) is -1.31. The number of H-pyrrole nitrogens is 1. The Kier molecular flexibility index (Phi) is 3.14. The molecule has 2 atom stereocenters. The molecule has 1 heterocycles. The predicted octanol–water partition coefficient (Wildman–Crippen LogP) is 1.55. The molecular formula is C14H15N3O3.